The SMILES string of the molecule is CCC[CH2][Sn-]([CH2]CCC)([CH2]CCC)[O]C(=O)c1ccccc1. The molecule has 0 N–H and O–H groups in total. The summed E-state index contributed by atoms with van der Waals surface area (Å²) in [6.07, 6.45) is 7.22. The van der Waals surface area contributed by atoms with Crippen LogP contribution in [0.2, 0.25) is 13.3 Å². The number of hydrogen-bond acceptors (Lipinski definition) is 2. The first-order valence-corrected chi connectivity index (χ1v) is 16.2. The number of carbonyl (C=O) groups excluding carboxylic acids is 1. The van der Waals surface area contributed by atoms with E-state index < -0.39 is 18.8 Å². The fraction of sp³-hybridized carbons (Fsp3) is 0.632. The molecule has 3 heteroatoms. The Kier molecular flexibility index (Phi) is 9.85. The predicted molar refractivity (Wildman–Crippen MR) is 96.8 cm³/mol. The average Bonchev–Trinajstić information content (AvgIpc) is 2.56. The quantitative estimate of drug-likeness (QED) is 0.406. The maximum absolute atomic E-state index is 12.6. The molecule has 0 fully saturated rings. The Morgan fingerprint density at radius 3 is 1.73 bits per heavy atom. The molecule has 0 aromatic heterocycles. The third-order valence-electron chi connectivity index (χ3n) is 4.28. The van der Waals surface area contributed by atoms with Crippen LogP contribution in [0, 0.1) is 0 Å². The molecule has 1 aromatic carbocycles. The van der Waals surface area contributed by atoms with Crippen LogP contribution in [-0.2, 0) is 3.07 Å². The van der Waals surface area contributed by atoms with E-state index in [9.17, 15) is 4.79 Å². The molecule has 0 saturated carbocycles. The van der Waals surface area contributed by atoms with Crippen LogP contribution in [0.25, 0.3) is 0 Å². The molecule has 0 saturated heterocycles. The summed E-state index contributed by atoms with van der Waals surface area (Å²) in [4.78, 5) is 12.6. The van der Waals surface area contributed by atoms with Crippen molar-refractivity contribution < 1.29 is 7.87 Å². The Labute approximate surface area is 141 Å². The van der Waals surface area contributed by atoms with Gasteiger partial charge in [0, 0.05) is 0 Å². The summed E-state index contributed by atoms with van der Waals surface area (Å²) in [6.45, 7) is 6.69. The molecule has 0 aliphatic heterocycles. The van der Waals surface area contributed by atoms with E-state index in [1.807, 2.05) is 30.3 Å². The molecule has 0 radical (unpaired) electrons. The second-order valence-corrected chi connectivity index (χ2v) is 17.9. The van der Waals surface area contributed by atoms with Gasteiger partial charge in [-0.3, -0.25) is 0 Å². The summed E-state index contributed by atoms with van der Waals surface area (Å²) in [5.41, 5.74) is 0.716. The van der Waals surface area contributed by atoms with E-state index in [4.69, 9.17) is 3.07 Å². The fourth-order valence-electron chi connectivity index (χ4n) is 2.85. The Hall–Kier alpha value is -0.511. The molecule has 1 rings (SSSR count). The fourth-order valence-corrected chi connectivity index (χ4v) is 15.9. The van der Waals surface area contributed by atoms with Gasteiger partial charge in [0.1, 0.15) is 0 Å². The number of carbonyl (C=O) groups is 1. The Bertz CT molecular complexity index is 395. The Morgan fingerprint density at radius 1 is 0.864 bits per heavy atom. The molecule has 0 aliphatic rings. The zero-order valence-corrected chi connectivity index (χ0v) is 17.4. The van der Waals surface area contributed by atoms with Crippen LogP contribution in [-0.4, -0.2) is 24.8 Å². The van der Waals surface area contributed by atoms with Gasteiger partial charge in [-0.1, -0.05) is 0 Å². The maximum atomic E-state index is 12.6. The molecule has 0 heterocycles. The monoisotopic (exact) mass is 412 g/mol. The third kappa shape index (κ3) is 6.72. The van der Waals surface area contributed by atoms with E-state index in [2.05, 4.69) is 20.8 Å². The molecular weight excluding hydrogens is 379 g/mol. The van der Waals surface area contributed by atoms with Crippen LogP contribution in [0.15, 0.2) is 30.3 Å². The predicted octanol–water partition coefficient (Wildman–Crippen LogP) is 6.19. The molecule has 0 amide bonds. The molecule has 0 aliphatic carbocycles. The molecule has 0 atom stereocenters. The van der Waals surface area contributed by atoms with Crippen LogP contribution in [0.3, 0.4) is 0 Å². The molecule has 0 spiro atoms. The van der Waals surface area contributed by atoms with Crippen molar-refractivity contribution in [3.8, 4) is 0 Å². The van der Waals surface area contributed by atoms with Crippen molar-refractivity contribution in [3.63, 3.8) is 0 Å². The molecular formula is C19H32O2Sn-. The van der Waals surface area contributed by atoms with E-state index in [1.54, 1.807) is 0 Å². The zero-order chi connectivity index (χ0) is 16.3. The minimum absolute atomic E-state index is 0.0697. The van der Waals surface area contributed by atoms with E-state index in [0.717, 1.165) is 0 Å². The van der Waals surface area contributed by atoms with Crippen LogP contribution < -0.4 is 0 Å². The van der Waals surface area contributed by atoms with Crippen LogP contribution in [0.4, 0.5) is 0 Å². The first-order valence-electron chi connectivity index (χ1n) is 8.96. The summed E-state index contributed by atoms with van der Waals surface area (Å²) >= 11 is -2.82. The van der Waals surface area contributed by atoms with E-state index in [0.29, 0.717) is 5.56 Å². The van der Waals surface area contributed by atoms with Crippen molar-refractivity contribution in [2.24, 2.45) is 0 Å². The molecule has 1 aromatic rings. The van der Waals surface area contributed by atoms with Crippen LogP contribution >= 0.6 is 0 Å². The number of hydrogen-bond donors (Lipinski definition) is 0. The number of unbranched alkanes of at least 4 members (excludes halogenated alkanes) is 3. The summed E-state index contributed by atoms with van der Waals surface area (Å²) in [5, 5.41) is 0. The molecule has 22 heavy (non-hydrogen) atoms. The van der Waals surface area contributed by atoms with Crippen LogP contribution in [0.1, 0.15) is 69.7 Å². The summed E-state index contributed by atoms with van der Waals surface area (Å²) < 4.78 is 9.90. The van der Waals surface area contributed by atoms with Gasteiger partial charge >= 0.3 is 141 Å². The van der Waals surface area contributed by atoms with Gasteiger partial charge in [-0.2, -0.15) is 0 Å². The third-order valence-corrected chi connectivity index (χ3v) is 16.9. The second kappa shape index (κ2) is 11.1. The average molecular weight is 411 g/mol. The van der Waals surface area contributed by atoms with Crippen molar-refractivity contribution in [1.82, 2.24) is 0 Å². The van der Waals surface area contributed by atoms with Gasteiger partial charge in [0.05, 0.1) is 0 Å². The summed E-state index contributed by atoms with van der Waals surface area (Å²) in [6, 6.07) is 9.52. The van der Waals surface area contributed by atoms with Crippen molar-refractivity contribution in [2.45, 2.75) is 72.6 Å². The van der Waals surface area contributed by atoms with Gasteiger partial charge in [0.2, 0.25) is 0 Å². The van der Waals surface area contributed by atoms with E-state index in [-0.39, 0.29) is 5.97 Å². The molecule has 0 bridgehead atoms. The van der Waals surface area contributed by atoms with Gasteiger partial charge in [-0.05, 0) is 0 Å². The zero-order valence-electron chi connectivity index (χ0n) is 14.6. The van der Waals surface area contributed by atoms with Crippen molar-refractivity contribution >= 4 is 24.8 Å². The van der Waals surface area contributed by atoms with Gasteiger partial charge in [0.15, 0.2) is 0 Å². The first kappa shape index (κ1) is 19.5. The minimum atomic E-state index is -2.82. The van der Waals surface area contributed by atoms with Crippen molar-refractivity contribution in [2.75, 3.05) is 0 Å². The summed E-state index contributed by atoms with van der Waals surface area (Å²) in [5.74, 6) is -0.0697. The molecule has 125 valence electrons. The topological polar surface area (TPSA) is 26.3 Å². The second-order valence-electron chi connectivity index (χ2n) is 6.25. The summed E-state index contributed by atoms with van der Waals surface area (Å²) in [7, 11) is 0. The molecule has 0 unspecified atom stereocenters. The number of benzene rings is 1. The first-order chi connectivity index (χ1) is 10.7. The van der Waals surface area contributed by atoms with Gasteiger partial charge < -0.3 is 0 Å². The van der Waals surface area contributed by atoms with E-state index >= 15 is 0 Å². The van der Waals surface area contributed by atoms with Crippen molar-refractivity contribution in [1.29, 1.82) is 0 Å². The van der Waals surface area contributed by atoms with Crippen molar-refractivity contribution in [3.05, 3.63) is 35.9 Å². The standard InChI is InChI=1S/C7H6O2.3C4H9.Sn/c8-7(9)6-4-2-1-3-5-6;3*1-3-4-2;/h1-5H,(H,8,9);3*1,3-4H2,2H3;/p-1. The van der Waals surface area contributed by atoms with Gasteiger partial charge in [-0.25, -0.2) is 0 Å². The van der Waals surface area contributed by atoms with Gasteiger partial charge in [-0.15, -0.1) is 0 Å². The van der Waals surface area contributed by atoms with E-state index in [1.165, 1.54) is 51.8 Å². The Morgan fingerprint density at radius 2 is 1.32 bits per heavy atom. The number of rotatable bonds is 11. The van der Waals surface area contributed by atoms with Gasteiger partial charge in [0.25, 0.3) is 0 Å². The van der Waals surface area contributed by atoms with Crippen LogP contribution in [0.5, 0.6) is 0 Å². The normalized spacial score (nSPS) is 11.4. The molecule has 2 nitrogen and oxygen atoms in total. The Balaban J connectivity index is 2.86.